The Hall–Kier alpha value is -1.09. The minimum Gasteiger partial charge on any atom is -0.322 e. The lowest BCUT2D eigenvalue weighted by atomic mass is 9.99. The Morgan fingerprint density at radius 2 is 1.67 bits per heavy atom. The van der Waals surface area contributed by atoms with Gasteiger partial charge in [-0.15, -0.1) is 0 Å². The molecule has 3 heteroatoms. The fraction of sp³-hybridized carbons (Fsp3) is 0.400. The van der Waals surface area contributed by atoms with Gasteiger partial charge in [-0.3, -0.25) is 4.79 Å². The molecule has 1 aromatic carbocycles. The number of anilines is 1. The van der Waals surface area contributed by atoms with Gasteiger partial charge in [-0.05, 0) is 37.8 Å². The van der Waals surface area contributed by atoms with E-state index in [-0.39, 0.29) is 5.91 Å². The Morgan fingerprint density at radius 1 is 1.00 bits per heavy atom. The monoisotopic (exact) mass is 307 g/mol. The minimum absolute atomic E-state index is 0.0370. The van der Waals surface area contributed by atoms with Crippen molar-refractivity contribution < 1.29 is 4.79 Å². The fourth-order valence-corrected chi connectivity index (χ4v) is 2.85. The minimum atomic E-state index is 0.0370. The second kappa shape index (κ2) is 6.74. The molecular formula is C15H18BrNO. The van der Waals surface area contributed by atoms with Gasteiger partial charge in [0.05, 0.1) is 0 Å². The summed E-state index contributed by atoms with van der Waals surface area (Å²) in [6, 6.07) is 9.62. The maximum atomic E-state index is 12.2. The number of amides is 1. The van der Waals surface area contributed by atoms with E-state index in [9.17, 15) is 4.79 Å². The molecule has 0 radical (unpaired) electrons. The molecule has 0 fully saturated rings. The van der Waals surface area contributed by atoms with E-state index < -0.39 is 0 Å². The SMILES string of the molecule is O=C(Nc1ccccc1)/C1=C(\Br)CCCCCC1. The topological polar surface area (TPSA) is 29.1 Å². The second-order valence-electron chi connectivity index (χ2n) is 4.62. The van der Waals surface area contributed by atoms with Crippen LogP contribution in [0.3, 0.4) is 0 Å². The predicted octanol–water partition coefficient (Wildman–Crippen LogP) is 4.63. The molecule has 0 atom stereocenters. The number of allylic oxidation sites excluding steroid dienone is 1. The van der Waals surface area contributed by atoms with E-state index in [0.717, 1.165) is 35.0 Å². The van der Waals surface area contributed by atoms with Crippen LogP contribution < -0.4 is 5.32 Å². The number of carbonyl (C=O) groups excluding carboxylic acids is 1. The van der Waals surface area contributed by atoms with Crippen LogP contribution in [-0.2, 0) is 4.79 Å². The predicted molar refractivity (Wildman–Crippen MR) is 78.7 cm³/mol. The second-order valence-corrected chi connectivity index (χ2v) is 5.58. The largest absolute Gasteiger partial charge is 0.322 e. The van der Waals surface area contributed by atoms with Crippen LogP contribution in [0.15, 0.2) is 40.4 Å². The van der Waals surface area contributed by atoms with Gasteiger partial charge in [0.2, 0.25) is 0 Å². The summed E-state index contributed by atoms with van der Waals surface area (Å²) >= 11 is 3.57. The molecule has 1 aliphatic carbocycles. The summed E-state index contributed by atoms with van der Waals surface area (Å²) in [5.41, 5.74) is 1.77. The van der Waals surface area contributed by atoms with E-state index in [2.05, 4.69) is 21.2 Å². The van der Waals surface area contributed by atoms with E-state index in [1.54, 1.807) is 0 Å². The molecule has 0 spiro atoms. The number of carbonyl (C=O) groups is 1. The van der Waals surface area contributed by atoms with Crippen molar-refractivity contribution in [2.75, 3.05) is 5.32 Å². The summed E-state index contributed by atoms with van der Waals surface area (Å²) in [5.74, 6) is 0.0370. The zero-order valence-corrected chi connectivity index (χ0v) is 12.0. The standard InChI is InChI=1S/C15H18BrNO/c16-14-11-7-2-1-6-10-13(14)15(18)17-12-8-4-3-5-9-12/h3-5,8-9H,1-2,6-7,10-11H2,(H,17,18)/b14-13-. The van der Waals surface area contributed by atoms with Gasteiger partial charge in [0, 0.05) is 15.7 Å². The van der Waals surface area contributed by atoms with Gasteiger partial charge in [0.25, 0.3) is 5.91 Å². The Labute approximate surface area is 117 Å². The highest BCUT2D eigenvalue weighted by Gasteiger charge is 2.15. The first-order chi connectivity index (χ1) is 8.77. The summed E-state index contributed by atoms with van der Waals surface area (Å²) in [7, 11) is 0. The van der Waals surface area contributed by atoms with Crippen molar-refractivity contribution in [2.24, 2.45) is 0 Å². The molecule has 0 saturated heterocycles. The van der Waals surface area contributed by atoms with Crippen LogP contribution in [0.2, 0.25) is 0 Å². The van der Waals surface area contributed by atoms with Crippen LogP contribution in [-0.4, -0.2) is 5.91 Å². The first kappa shape index (κ1) is 13.3. The van der Waals surface area contributed by atoms with Crippen LogP contribution in [0.25, 0.3) is 0 Å². The van der Waals surface area contributed by atoms with Gasteiger partial charge < -0.3 is 5.32 Å². The lowest BCUT2D eigenvalue weighted by Crippen LogP contribution is -2.16. The van der Waals surface area contributed by atoms with Crippen molar-refractivity contribution in [3.05, 3.63) is 40.4 Å². The van der Waals surface area contributed by atoms with Crippen LogP contribution in [0.5, 0.6) is 0 Å². The summed E-state index contributed by atoms with van der Waals surface area (Å²) < 4.78 is 1.08. The molecule has 0 bridgehead atoms. The smallest absolute Gasteiger partial charge is 0.252 e. The van der Waals surface area contributed by atoms with Gasteiger partial charge in [0.1, 0.15) is 0 Å². The summed E-state index contributed by atoms with van der Waals surface area (Å²) in [6.45, 7) is 0. The van der Waals surface area contributed by atoms with E-state index >= 15 is 0 Å². The quantitative estimate of drug-likeness (QED) is 0.848. The highest BCUT2D eigenvalue weighted by molar-refractivity contribution is 9.11. The van der Waals surface area contributed by atoms with Crippen molar-refractivity contribution in [2.45, 2.75) is 38.5 Å². The average molecular weight is 308 g/mol. The van der Waals surface area contributed by atoms with Crippen molar-refractivity contribution >= 4 is 27.5 Å². The maximum absolute atomic E-state index is 12.2. The Bertz CT molecular complexity index is 439. The van der Waals surface area contributed by atoms with Crippen molar-refractivity contribution in [1.29, 1.82) is 0 Å². The van der Waals surface area contributed by atoms with Gasteiger partial charge in [-0.1, -0.05) is 47.0 Å². The van der Waals surface area contributed by atoms with Crippen LogP contribution in [0, 0.1) is 0 Å². The maximum Gasteiger partial charge on any atom is 0.252 e. The van der Waals surface area contributed by atoms with Crippen molar-refractivity contribution in [1.82, 2.24) is 0 Å². The number of nitrogens with one attached hydrogen (secondary N) is 1. The summed E-state index contributed by atoms with van der Waals surface area (Å²) in [4.78, 5) is 12.2. The van der Waals surface area contributed by atoms with Gasteiger partial charge >= 0.3 is 0 Å². The van der Waals surface area contributed by atoms with Gasteiger partial charge in [-0.25, -0.2) is 0 Å². The molecule has 0 aliphatic heterocycles. The number of benzene rings is 1. The molecule has 0 saturated carbocycles. The molecule has 0 heterocycles. The lowest BCUT2D eigenvalue weighted by Gasteiger charge is -2.14. The Balaban J connectivity index is 2.09. The third-order valence-corrected chi connectivity index (χ3v) is 4.08. The lowest BCUT2D eigenvalue weighted by molar-refractivity contribution is -0.113. The van der Waals surface area contributed by atoms with Gasteiger partial charge in [-0.2, -0.15) is 0 Å². The highest BCUT2D eigenvalue weighted by Crippen LogP contribution is 2.27. The van der Waals surface area contributed by atoms with E-state index in [4.69, 9.17) is 0 Å². The number of rotatable bonds is 2. The van der Waals surface area contributed by atoms with E-state index in [1.807, 2.05) is 30.3 Å². The van der Waals surface area contributed by atoms with Crippen LogP contribution in [0.1, 0.15) is 38.5 Å². The molecule has 1 aliphatic rings. The van der Waals surface area contributed by atoms with E-state index in [0.29, 0.717) is 0 Å². The zero-order valence-electron chi connectivity index (χ0n) is 10.4. The summed E-state index contributed by atoms with van der Waals surface area (Å²) in [6.07, 6.45) is 6.62. The molecule has 2 nitrogen and oxygen atoms in total. The summed E-state index contributed by atoms with van der Waals surface area (Å²) in [5, 5.41) is 2.96. The number of halogens is 1. The van der Waals surface area contributed by atoms with Crippen molar-refractivity contribution in [3.63, 3.8) is 0 Å². The van der Waals surface area contributed by atoms with Crippen molar-refractivity contribution in [3.8, 4) is 0 Å². The fourth-order valence-electron chi connectivity index (χ4n) is 2.19. The third-order valence-electron chi connectivity index (χ3n) is 3.21. The molecule has 1 N–H and O–H groups in total. The zero-order chi connectivity index (χ0) is 12.8. The molecule has 1 amide bonds. The highest BCUT2D eigenvalue weighted by atomic mass is 79.9. The Kier molecular flexibility index (Phi) is 5.00. The first-order valence-corrected chi connectivity index (χ1v) is 7.30. The molecule has 2 rings (SSSR count). The normalized spacial score (nSPS) is 20.9. The first-order valence-electron chi connectivity index (χ1n) is 6.51. The number of para-hydroxylation sites is 1. The number of hydrogen-bond acceptors (Lipinski definition) is 1. The molecule has 96 valence electrons. The molecule has 18 heavy (non-hydrogen) atoms. The van der Waals surface area contributed by atoms with Crippen LogP contribution in [0.4, 0.5) is 5.69 Å². The van der Waals surface area contributed by atoms with Gasteiger partial charge in [0.15, 0.2) is 0 Å². The number of hydrogen-bond donors (Lipinski definition) is 1. The average Bonchev–Trinajstić information content (AvgIpc) is 2.35. The molecule has 0 unspecified atom stereocenters. The third kappa shape index (κ3) is 3.70. The Morgan fingerprint density at radius 3 is 2.39 bits per heavy atom. The molecule has 0 aromatic heterocycles. The molecule has 1 aromatic rings. The van der Waals surface area contributed by atoms with E-state index in [1.165, 1.54) is 19.3 Å². The molecular weight excluding hydrogens is 290 g/mol. The van der Waals surface area contributed by atoms with Crippen LogP contribution >= 0.6 is 15.9 Å².